The van der Waals surface area contributed by atoms with Gasteiger partial charge in [-0.1, -0.05) is 12.8 Å². The molecule has 0 spiro atoms. The number of carboxylic acid groups (broad SMARTS) is 1. The number of aromatic amines is 1. The van der Waals surface area contributed by atoms with E-state index in [4.69, 9.17) is 5.11 Å². The number of H-pyrrole nitrogens is 1. The van der Waals surface area contributed by atoms with Crippen LogP contribution in [0.5, 0.6) is 0 Å². The first-order valence-electron chi connectivity index (χ1n) is 12.2. The predicted molar refractivity (Wildman–Crippen MR) is 131 cm³/mol. The minimum absolute atomic E-state index is 0.00483. The number of fused-ring (bicyclic) bond motifs is 2. The van der Waals surface area contributed by atoms with Gasteiger partial charge >= 0.3 is 23.8 Å². The number of carbonyl (C=O) groups excluding carboxylic acids is 1. The van der Waals surface area contributed by atoms with Gasteiger partial charge in [0.25, 0.3) is 5.56 Å². The van der Waals surface area contributed by atoms with Crippen molar-refractivity contribution >= 4 is 23.0 Å². The average molecular weight is 556 g/mol. The number of benzene rings is 1. The van der Waals surface area contributed by atoms with Crippen molar-refractivity contribution in [3.05, 3.63) is 44.1 Å². The summed E-state index contributed by atoms with van der Waals surface area (Å²) in [5.41, 5.74) is 1.06. The van der Waals surface area contributed by atoms with E-state index in [1.165, 1.54) is 0 Å². The Hall–Kier alpha value is -3.85. The molecule has 1 aromatic carbocycles. The van der Waals surface area contributed by atoms with Gasteiger partial charge < -0.3 is 24.8 Å². The van der Waals surface area contributed by atoms with Gasteiger partial charge in [0.15, 0.2) is 11.5 Å². The molecular formula is C24H28F3N5O7. The molecule has 212 valence electrons. The van der Waals surface area contributed by atoms with Crippen molar-refractivity contribution < 1.29 is 37.7 Å². The normalized spacial score (nSPS) is 12.6. The monoisotopic (exact) mass is 555 g/mol. The van der Waals surface area contributed by atoms with Crippen LogP contribution in [0, 0.1) is 6.92 Å². The van der Waals surface area contributed by atoms with Gasteiger partial charge in [-0.3, -0.25) is 14.6 Å². The minimum atomic E-state index is -5.14. The number of alkyl halides is 3. The fourth-order valence-corrected chi connectivity index (χ4v) is 3.99. The lowest BCUT2D eigenvalue weighted by atomic mass is 10.1. The van der Waals surface area contributed by atoms with Crippen molar-refractivity contribution in [3.63, 3.8) is 0 Å². The van der Waals surface area contributed by atoms with Crippen LogP contribution in [0.25, 0.3) is 22.6 Å². The van der Waals surface area contributed by atoms with E-state index in [1.54, 1.807) is 23.6 Å². The highest BCUT2D eigenvalue weighted by atomic mass is 19.4. The molecule has 1 aromatic rings. The highest BCUT2D eigenvalue weighted by molar-refractivity contribution is 5.81. The van der Waals surface area contributed by atoms with Crippen LogP contribution < -0.4 is 16.6 Å². The SMILES string of the molecule is Cc1cc2nc3c(=O)[nH]c(=O)nc-3n(CCCCCCC(=O)O)c2cc1CNCC(O)COC(=O)C(F)(F)F. The van der Waals surface area contributed by atoms with Gasteiger partial charge in [0.2, 0.25) is 0 Å². The van der Waals surface area contributed by atoms with Crippen molar-refractivity contribution in [2.24, 2.45) is 0 Å². The summed E-state index contributed by atoms with van der Waals surface area (Å²) in [5.74, 6) is -3.15. The van der Waals surface area contributed by atoms with Gasteiger partial charge in [0, 0.05) is 26.1 Å². The first kappa shape index (κ1) is 29.7. The Morgan fingerprint density at radius 1 is 1.15 bits per heavy atom. The highest BCUT2D eigenvalue weighted by Crippen LogP contribution is 2.25. The Balaban J connectivity index is 1.80. The molecular weight excluding hydrogens is 527 g/mol. The lowest BCUT2D eigenvalue weighted by Gasteiger charge is -2.19. The third-order valence-corrected chi connectivity index (χ3v) is 5.92. The maximum Gasteiger partial charge on any atom is 0.490 e. The number of nitrogens with zero attached hydrogens (tertiary/aromatic N) is 3. The largest absolute Gasteiger partial charge is 0.490 e. The van der Waals surface area contributed by atoms with Gasteiger partial charge in [-0.2, -0.15) is 18.2 Å². The smallest absolute Gasteiger partial charge is 0.481 e. The molecule has 15 heteroatoms. The molecule has 0 bridgehead atoms. The fraction of sp³-hybridized carbons (Fsp3) is 0.500. The fourth-order valence-electron chi connectivity index (χ4n) is 3.99. The van der Waals surface area contributed by atoms with Gasteiger partial charge in [-0.15, -0.1) is 0 Å². The van der Waals surface area contributed by atoms with Crippen molar-refractivity contribution in [2.45, 2.75) is 64.4 Å². The summed E-state index contributed by atoms with van der Waals surface area (Å²) in [6.07, 6.45) is -3.92. The van der Waals surface area contributed by atoms with E-state index in [0.29, 0.717) is 43.3 Å². The number of nitrogens with one attached hydrogen (secondary N) is 2. The number of esters is 1. The molecule has 0 aliphatic carbocycles. The van der Waals surface area contributed by atoms with Crippen LogP contribution in [0.15, 0.2) is 21.7 Å². The average Bonchev–Trinajstić information content (AvgIpc) is 2.84. The second-order valence-electron chi connectivity index (χ2n) is 9.01. The maximum absolute atomic E-state index is 12.4. The van der Waals surface area contributed by atoms with Crippen molar-refractivity contribution in [1.82, 2.24) is 24.8 Å². The zero-order chi connectivity index (χ0) is 28.7. The zero-order valence-corrected chi connectivity index (χ0v) is 21.0. The number of aliphatic hydroxyl groups excluding tert-OH is 1. The van der Waals surface area contributed by atoms with Gasteiger partial charge in [0.1, 0.15) is 12.7 Å². The molecule has 2 aliphatic rings. The van der Waals surface area contributed by atoms with E-state index in [9.17, 15) is 37.5 Å². The standard InChI is InChI=1S/C24H28F3N5O7/c1-13-8-16-17(9-14(13)10-28-11-15(33)12-39-22(37)24(25,26)27)32(7-5-3-2-4-6-18(34)35)20-19(29-16)21(36)31-23(38)30-20/h8-9,15,28,33H,2-7,10-12H2,1H3,(H,34,35)(H,31,36,38). The number of rotatable bonds is 13. The van der Waals surface area contributed by atoms with E-state index in [-0.39, 0.29) is 31.0 Å². The summed E-state index contributed by atoms with van der Waals surface area (Å²) in [6, 6.07) is 3.51. The number of hydrogen-bond donors (Lipinski definition) is 4. The maximum atomic E-state index is 12.4. The second kappa shape index (κ2) is 12.8. The highest BCUT2D eigenvalue weighted by Gasteiger charge is 2.41. The minimum Gasteiger partial charge on any atom is -0.481 e. The number of carbonyl (C=O) groups is 2. The molecule has 0 aromatic heterocycles. The van der Waals surface area contributed by atoms with Crippen LogP contribution in [0.4, 0.5) is 13.2 Å². The quantitative estimate of drug-likeness (QED) is 0.137. The summed E-state index contributed by atoms with van der Waals surface area (Å²) >= 11 is 0. The topological polar surface area (TPSA) is 176 Å². The van der Waals surface area contributed by atoms with Crippen LogP contribution in [0.1, 0.15) is 43.2 Å². The van der Waals surface area contributed by atoms with Crippen LogP contribution in [0.2, 0.25) is 0 Å². The van der Waals surface area contributed by atoms with Gasteiger partial charge in [-0.25, -0.2) is 14.6 Å². The number of aromatic nitrogens is 4. The summed E-state index contributed by atoms with van der Waals surface area (Å²) in [7, 11) is 0. The molecule has 2 heterocycles. The van der Waals surface area contributed by atoms with E-state index >= 15 is 0 Å². The van der Waals surface area contributed by atoms with E-state index in [1.807, 2.05) is 0 Å². The molecule has 1 unspecified atom stereocenters. The first-order valence-corrected chi connectivity index (χ1v) is 12.2. The molecule has 12 nitrogen and oxygen atoms in total. The van der Waals surface area contributed by atoms with Gasteiger partial charge in [0.05, 0.1) is 11.0 Å². The predicted octanol–water partition coefficient (Wildman–Crippen LogP) is 1.48. The van der Waals surface area contributed by atoms with Crippen molar-refractivity contribution in [3.8, 4) is 11.5 Å². The number of unbranched alkanes of at least 4 members (excludes halogenated alkanes) is 3. The molecule has 0 saturated carbocycles. The number of aryl methyl sites for hydroxylation is 2. The summed E-state index contributed by atoms with van der Waals surface area (Å²) < 4.78 is 42.5. The molecule has 3 rings (SSSR count). The Bertz CT molecular complexity index is 1420. The molecule has 39 heavy (non-hydrogen) atoms. The summed E-state index contributed by atoms with van der Waals surface area (Å²) in [4.78, 5) is 56.4. The van der Waals surface area contributed by atoms with Crippen LogP contribution >= 0.6 is 0 Å². The van der Waals surface area contributed by atoms with E-state index < -0.39 is 42.1 Å². The van der Waals surface area contributed by atoms with Crippen LogP contribution in [-0.2, 0) is 27.4 Å². The third kappa shape index (κ3) is 8.07. The molecule has 1 atom stereocenters. The van der Waals surface area contributed by atoms with E-state index in [2.05, 4.69) is 25.0 Å². The van der Waals surface area contributed by atoms with Crippen LogP contribution in [0.3, 0.4) is 0 Å². The zero-order valence-electron chi connectivity index (χ0n) is 21.0. The molecule has 0 saturated heterocycles. The molecule has 2 aliphatic heterocycles. The number of hydrogen-bond acceptors (Lipinski definition) is 9. The Morgan fingerprint density at radius 3 is 2.56 bits per heavy atom. The third-order valence-electron chi connectivity index (χ3n) is 5.92. The Morgan fingerprint density at radius 2 is 1.87 bits per heavy atom. The number of ether oxygens (including phenoxy) is 1. The van der Waals surface area contributed by atoms with Crippen molar-refractivity contribution in [1.29, 1.82) is 0 Å². The number of aliphatic hydroxyl groups is 1. The van der Waals surface area contributed by atoms with Gasteiger partial charge in [-0.05, 0) is 43.0 Å². The first-order chi connectivity index (χ1) is 18.4. The second-order valence-corrected chi connectivity index (χ2v) is 9.01. The van der Waals surface area contributed by atoms with Crippen molar-refractivity contribution in [2.75, 3.05) is 13.2 Å². The Labute approximate surface area is 219 Å². The Kier molecular flexibility index (Phi) is 9.75. The summed E-state index contributed by atoms with van der Waals surface area (Å²) in [5, 5.41) is 21.6. The number of halogens is 3. The lowest BCUT2D eigenvalue weighted by molar-refractivity contribution is -0.201. The molecule has 0 radical (unpaired) electrons. The lowest BCUT2D eigenvalue weighted by Crippen LogP contribution is -2.34. The molecule has 0 fully saturated rings. The molecule has 4 N–H and O–H groups in total. The summed E-state index contributed by atoms with van der Waals surface area (Å²) in [6.45, 7) is 1.36. The van der Waals surface area contributed by atoms with E-state index in [0.717, 1.165) is 11.1 Å². The van der Waals surface area contributed by atoms with Crippen LogP contribution in [-0.4, -0.2) is 67.1 Å². The number of carboxylic acids is 1. The molecule has 0 amide bonds. The number of aliphatic carboxylic acids is 1.